The largest absolute Gasteiger partial charge is 0.497 e. The molecule has 0 radical (unpaired) electrons. The normalized spacial score (nSPS) is 19.0. The molecule has 0 bridgehead atoms. The number of Topliss-reactive ketones (excluding diaryl/α,β-unsaturated/α-hetero) is 1. The zero-order valence-electron chi connectivity index (χ0n) is 12.8. The Morgan fingerprint density at radius 2 is 2.10 bits per heavy atom. The van der Waals surface area contributed by atoms with E-state index in [0.29, 0.717) is 38.5 Å². The minimum absolute atomic E-state index is 0.117. The molecule has 0 amide bonds. The van der Waals surface area contributed by atoms with Crippen LogP contribution in [0, 0.1) is 5.82 Å². The first-order valence-corrected chi connectivity index (χ1v) is 7.24. The molecule has 5 heteroatoms. The van der Waals surface area contributed by atoms with Gasteiger partial charge in [0.25, 0.3) is 0 Å². The van der Waals surface area contributed by atoms with Crippen LogP contribution in [0.4, 0.5) is 4.39 Å². The van der Waals surface area contributed by atoms with Gasteiger partial charge in [0.15, 0.2) is 5.78 Å². The van der Waals surface area contributed by atoms with E-state index in [1.54, 1.807) is 6.07 Å². The molecule has 1 fully saturated rings. The average Bonchev–Trinajstić information content (AvgIpc) is 2.54. The van der Waals surface area contributed by atoms with Gasteiger partial charge in [0.1, 0.15) is 11.6 Å². The second-order valence-corrected chi connectivity index (χ2v) is 5.40. The fourth-order valence-electron chi connectivity index (χ4n) is 2.68. The molecule has 0 aliphatic carbocycles. The van der Waals surface area contributed by atoms with E-state index in [4.69, 9.17) is 9.47 Å². The molecule has 1 saturated heterocycles. The van der Waals surface area contributed by atoms with E-state index in [1.165, 1.54) is 19.2 Å². The van der Waals surface area contributed by atoms with Crippen LogP contribution < -0.4 is 4.74 Å². The molecule has 0 aromatic heterocycles. The van der Waals surface area contributed by atoms with Crippen LogP contribution in [-0.4, -0.2) is 49.6 Å². The summed E-state index contributed by atoms with van der Waals surface area (Å²) in [6.45, 7) is 6.42. The van der Waals surface area contributed by atoms with Crippen LogP contribution in [-0.2, 0) is 4.74 Å². The summed E-state index contributed by atoms with van der Waals surface area (Å²) >= 11 is 0. The summed E-state index contributed by atoms with van der Waals surface area (Å²) in [5, 5.41) is 0. The first-order valence-electron chi connectivity index (χ1n) is 7.24. The van der Waals surface area contributed by atoms with Crippen LogP contribution in [0.5, 0.6) is 5.75 Å². The van der Waals surface area contributed by atoms with E-state index < -0.39 is 11.4 Å². The van der Waals surface area contributed by atoms with Gasteiger partial charge in [-0.1, -0.05) is 6.92 Å². The van der Waals surface area contributed by atoms with Gasteiger partial charge in [-0.15, -0.1) is 0 Å². The number of hydrogen-bond acceptors (Lipinski definition) is 4. The smallest absolute Gasteiger partial charge is 0.185 e. The molecule has 1 unspecified atom stereocenters. The van der Waals surface area contributed by atoms with Crippen LogP contribution >= 0.6 is 0 Å². The predicted molar refractivity (Wildman–Crippen MR) is 78.4 cm³/mol. The lowest BCUT2D eigenvalue weighted by Crippen LogP contribution is -2.56. The van der Waals surface area contributed by atoms with Crippen molar-refractivity contribution >= 4 is 5.78 Å². The van der Waals surface area contributed by atoms with E-state index in [2.05, 4.69) is 4.90 Å². The number of benzene rings is 1. The van der Waals surface area contributed by atoms with Crippen molar-refractivity contribution in [3.8, 4) is 5.75 Å². The Kier molecular flexibility index (Phi) is 4.96. The molecule has 1 heterocycles. The van der Waals surface area contributed by atoms with Crippen molar-refractivity contribution in [2.24, 2.45) is 0 Å². The van der Waals surface area contributed by atoms with E-state index in [9.17, 15) is 9.18 Å². The molecular formula is C16H22FNO3. The number of halogens is 1. The van der Waals surface area contributed by atoms with Crippen molar-refractivity contribution in [1.29, 1.82) is 0 Å². The monoisotopic (exact) mass is 295 g/mol. The second kappa shape index (κ2) is 6.54. The Morgan fingerprint density at radius 1 is 1.43 bits per heavy atom. The number of ether oxygens (including phenoxy) is 2. The van der Waals surface area contributed by atoms with Gasteiger partial charge in [-0.05, 0) is 25.5 Å². The highest BCUT2D eigenvalue weighted by Gasteiger charge is 2.39. The predicted octanol–water partition coefficient (Wildman–Crippen LogP) is 2.52. The molecule has 2 rings (SSSR count). The van der Waals surface area contributed by atoms with E-state index in [0.717, 1.165) is 0 Å². The van der Waals surface area contributed by atoms with Gasteiger partial charge in [-0.25, -0.2) is 4.39 Å². The van der Waals surface area contributed by atoms with Crippen molar-refractivity contribution in [3.63, 3.8) is 0 Å². The molecule has 1 aliphatic heterocycles. The average molecular weight is 295 g/mol. The van der Waals surface area contributed by atoms with Crippen LogP contribution in [0.25, 0.3) is 0 Å². The van der Waals surface area contributed by atoms with E-state index in [-0.39, 0.29) is 11.3 Å². The maximum atomic E-state index is 14.2. The van der Waals surface area contributed by atoms with Gasteiger partial charge in [-0.3, -0.25) is 9.69 Å². The Hall–Kier alpha value is -1.46. The second-order valence-electron chi connectivity index (χ2n) is 5.40. The Bertz CT molecular complexity index is 514. The fourth-order valence-corrected chi connectivity index (χ4v) is 2.68. The maximum absolute atomic E-state index is 14.2. The highest BCUT2D eigenvalue weighted by atomic mass is 19.1. The first-order chi connectivity index (χ1) is 10.0. The molecule has 1 aromatic carbocycles. The first kappa shape index (κ1) is 15.9. The van der Waals surface area contributed by atoms with Crippen LogP contribution in [0.1, 0.15) is 30.6 Å². The highest BCUT2D eigenvalue weighted by molar-refractivity contribution is 6.03. The summed E-state index contributed by atoms with van der Waals surface area (Å²) in [4.78, 5) is 14.9. The quantitative estimate of drug-likeness (QED) is 0.783. The van der Waals surface area contributed by atoms with Gasteiger partial charge in [0.05, 0.1) is 31.4 Å². The number of morpholine rings is 1. The number of rotatable bonds is 5. The highest BCUT2D eigenvalue weighted by Crippen LogP contribution is 2.28. The third-order valence-electron chi connectivity index (χ3n) is 4.31. The molecule has 1 atom stereocenters. The number of nitrogens with zero attached hydrogens (tertiary/aromatic N) is 1. The van der Waals surface area contributed by atoms with Crippen molar-refractivity contribution in [2.45, 2.75) is 25.8 Å². The molecule has 21 heavy (non-hydrogen) atoms. The van der Waals surface area contributed by atoms with Crippen molar-refractivity contribution in [1.82, 2.24) is 4.90 Å². The van der Waals surface area contributed by atoms with Crippen LogP contribution in [0.2, 0.25) is 0 Å². The lowest BCUT2D eigenvalue weighted by atomic mass is 9.86. The minimum atomic E-state index is -0.709. The summed E-state index contributed by atoms with van der Waals surface area (Å²) in [5.74, 6) is -0.312. The topological polar surface area (TPSA) is 38.8 Å². The van der Waals surface area contributed by atoms with Gasteiger partial charge in [0.2, 0.25) is 0 Å². The lowest BCUT2D eigenvalue weighted by Gasteiger charge is -2.41. The third kappa shape index (κ3) is 3.09. The SMILES string of the molecule is CCC(C)(C(=O)c1ccc(OC)cc1F)N1CCOCC1. The van der Waals surface area contributed by atoms with Gasteiger partial charge in [-0.2, -0.15) is 0 Å². The summed E-state index contributed by atoms with van der Waals surface area (Å²) in [6, 6.07) is 4.37. The van der Waals surface area contributed by atoms with Gasteiger partial charge >= 0.3 is 0 Å². The Labute approximate surface area is 124 Å². The molecule has 0 spiro atoms. The van der Waals surface area contributed by atoms with Crippen molar-refractivity contribution in [3.05, 3.63) is 29.6 Å². The molecule has 0 N–H and O–H groups in total. The molecule has 1 aromatic rings. The summed E-state index contributed by atoms with van der Waals surface area (Å²) < 4.78 is 24.5. The zero-order chi connectivity index (χ0) is 15.5. The Balaban J connectivity index is 2.30. The number of ketones is 1. The summed E-state index contributed by atoms with van der Waals surface area (Å²) in [6.07, 6.45) is 0.622. The zero-order valence-corrected chi connectivity index (χ0v) is 12.8. The Morgan fingerprint density at radius 3 is 2.62 bits per heavy atom. The third-order valence-corrected chi connectivity index (χ3v) is 4.31. The van der Waals surface area contributed by atoms with E-state index >= 15 is 0 Å². The molecule has 1 aliphatic rings. The van der Waals surface area contributed by atoms with E-state index in [1.807, 2.05) is 13.8 Å². The summed E-state index contributed by atoms with van der Waals surface area (Å²) in [5.41, 5.74) is -0.592. The molecule has 116 valence electrons. The molecule has 0 saturated carbocycles. The fraction of sp³-hybridized carbons (Fsp3) is 0.562. The van der Waals surface area contributed by atoms with Gasteiger partial charge < -0.3 is 9.47 Å². The number of carbonyl (C=O) groups excluding carboxylic acids is 1. The van der Waals surface area contributed by atoms with Crippen LogP contribution in [0.3, 0.4) is 0 Å². The maximum Gasteiger partial charge on any atom is 0.185 e. The number of hydrogen-bond donors (Lipinski definition) is 0. The molecule has 4 nitrogen and oxygen atoms in total. The number of methoxy groups -OCH3 is 1. The van der Waals surface area contributed by atoms with Gasteiger partial charge in [0, 0.05) is 19.2 Å². The van der Waals surface area contributed by atoms with Crippen molar-refractivity contribution < 1.29 is 18.7 Å². The van der Waals surface area contributed by atoms with Crippen molar-refractivity contribution in [2.75, 3.05) is 33.4 Å². The van der Waals surface area contributed by atoms with Crippen LogP contribution in [0.15, 0.2) is 18.2 Å². The lowest BCUT2D eigenvalue weighted by molar-refractivity contribution is -0.0107. The standard InChI is InChI=1S/C16H22FNO3/c1-4-16(2,18-7-9-21-10-8-18)15(19)13-6-5-12(20-3)11-14(13)17/h5-6,11H,4,7-10H2,1-3H3. The number of carbonyl (C=O) groups is 1. The summed E-state index contributed by atoms with van der Waals surface area (Å²) in [7, 11) is 1.47. The minimum Gasteiger partial charge on any atom is -0.497 e. The molecular weight excluding hydrogens is 273 g/mol.